The first-order valence-electron chi connectivity index (χ1n) is 7.34. The molecule has 1 aliphatic carbocycles. The molecule has 1 aliphatic rings. The molecule has 0 atom stereocenters. The molecule has 0 saturated carbocycles. The van der Waals surface area contributed by atoms with Crippen molar-refractivity contribution in [2.45, 2.75) is 0 Å². The van der Waals surface area contributed by atoms with E-state index in [9.17, 15) is 9.90 Å². The number of pyridine rings is 1. The minimum absolute atomic E-state index is 0.0231. The molecule has 110 valence electrons. The van der Waals surface area contributed by atoms with Gasteiger partial charge in [0, 0.05) is 29.1 Å². The Hall–Kier alpha value is -3.20. The van der Waals surface area contributed by atoms with Gasteiger partial charge in [-0.25, -0.2) is 0 Å². The largest absolute Gasteiger partial charge is 0.508 e. The number of aromatic hydroxyl groups is 1. The summed E-state index contributed by atoms with van der Waals surface area (Å²) in [7, 11) is 0. The van der Waals surface area contributed by atoms with Crippen molar-refractivity contribution in [3.05, 3.63) is 95.3 Å². The van der Waals surface area contributed by atoms with E-state index >= 15 is 0 Å². The maximum absolute atomic E-state index is 12.9. The average Bonchev–Trinajstić information content (AvgIpc) is 2.88. The van der Waals surface area contributed by atoms with Gasteiger partial charge in [-0.2, -0.15) is 0 Å². The fourth-order valence-corrected chi connectivity index (χ4v) is 3.02. The number of phenols is 1. The van der Waals surface area contributed by atoms with Crippen LogP contribution in [0.1, 0.15) is 27.0 Å². The zero-order chi connectivity index (χ0) is 15.8. The summed E-state index contributed by atoms with van der Waals surface area (Å²) in [4.78, 5) is 17.0. The number of hydrogen-bond acceptors (Lipinski definition) is 3. The number of hydrogen-bond donors (Lipinski definition) is 1. The molecule has 0 radical (unpaired) electrons. The highest BCUT2D eigenvalue weighted by Gasteiger charge is 2.31. The topological polar surface area (TPSA) is 50.2 Å². The third-order valence-electron chi connectivity index (χ3n) is 4.03. The highest BCUT2D eigenvalue weighted by atomic mass is 16.3. The highest BCUT2D eigenvalue weighted by Crippen LogP contribution is 2.42. The van der Waals surface area contributed by atoms with Crippen molar-refractivity contribution in [3.8, 4) is 5.75 Å². The minimum Gasteiger partial charge on any atom is -0.508 e. The molecule has 0 spiro atoms. The van der Waals surface area contributed by atoms with Crippen LogP contribution in [0.5, 0.6) is 5.75 Å². The molecular weight excluding hydrogens is 286 g/mol. The van der Waals surface area contributed by atoms with Crippen LogP contribution in [0.4, 0.5) is 0 Å². The number of phenolic OH excluding ortho intramolecular Hbond substituents is 1. The normalized spacial score (nSPS) is 13.3. The molecule has 4 rings (SSSR count). The van der Waals surface area contributed by atoms with Crippen molar-refractivity contribution in [1.82, 2.24) is 4.98 Å². The van der Waals surface area contributed by atoms with Crippen LogP contribution >= 0.6 is 0 Å². The van der Waals surface area contributed by atoms with Crippen LogP contribution < -0.4 is 0 Å². The highest BCUT2D eigenvalue weighted by molar-refractivity contribution is 6.41. The Morgan fingerprint density at radius 2 is 1.43 bits per heavy atom. The van der Waals surface area contributed by atoms with E-state index in [0.29, 0.717) is 11.1 Å². The molecule has 1 aromatic heterocycles. The van der Waals surface area contributed by atoms with Gasteiger partial charge in [0.25, 0.3) is 0 Å². The molecule has 3 nitrogen and oxygen atoms in total. The summed E-state index contributed by atoms with van der Waals surface area (Å²) in [6.07, 6.45) is 3.36. The van der Waals surface area contributed by atoms with Gasteiger partial charge in [-0.1, -0.05) is 30.3 Å². The molecule has 0 bridgehead atoms. The first kappa shape index (κ1) is 13.5. The van der Waals surface area contributed by atoms with Crippen molar-refractivity contribution in [1.29, 1.82) is 0 Å². The van der Waals surface area contributed by atoms with Gasteiger partial charge >= 0.3 is 0 Å². The number of carbonyl (C=O) groups is 1. The van der Waals surface area contributed by atoms with Crippen molar-refractivity contribution in [2.75, 3.05) is 0 Å². The maximum atomic E-state index is 12.9. The van der Waals surface area contributed by atoms with Crippen LogP contribution in [0.2, 0.25) is 0 Å². The van der Waals surface area contributed by atoms with Crippen LogP contribution in [-0.4, -0.2) is 15.9 Å². The Morgan fingerprint density at radius 1 is 0.739 bits per heavy atom. The van der Waals surface area contributed by atoms with Gasteiger partial charge in [0.15, 0.2) is 5.78 Å². The lowest BCUT2D eigenvalue weighted by atomic mass is 9.95. The molecule has 1 N–H and O–H groups in total. The van der Waals surface area contributed by atoms with E-state index in [0.717, 1.165) is 22.3 Å². The van der Waals surface area contributed by atoms with Crippen LogP contribution in [0, 0.1) is 0 Å². The monoisotopic (exact) mass is 299 g/mol. The summed E-state index contributed by atoms with van der Waals surface area (Å²) >= 11 is 0. The Labute approximate surface area is 133 Å². The van der Waals surface area contributed by atoms with Crippen LogP contribution in [0.15, 0.2) is 73.1 Å². The quantitative estimate of drug-likeness (QED) is 0.779. The summed E-state index contributed by atoms with van der Waals surface area (Å²) in [5.41, 5.74) is 4.69. The van der Waals surface area contributed by atoms with E-state index in [-0.39, 0.29) is 11.5 Å². The van der Waals surface area contributed by atoms with Gasteiger partial charge in [-0.3, -0.25) is 9.78 Å². The summed E-state index contributed by atoms with van der Waals surface area (Å²) in [5.74, 6) is 0.131. The maximum Gasteiger partial charge on any atom is 0.194 e. The van der Waals surface area contributed by atoms with E-state index in [2.05, 4.69) is 4.98 Å². The molecule has 0 unspecified atom stereocenters. The second kappa shape index (κ2) is 5.21. The van der Waals surface area contributed by atoms with Gasteiger partial charge in [0.1, 0.15) is 5.75 Å². The van der Waals surface area contributed by atoms with Gasteiger partial charge in [-0.05, 0) is 47.0 Å². The summed E-state index contributed by atoms with van der Waals surface area (Å²) in [6, 6.07) is 18.3. The number of allylic oxidation sites excluding steroid dienone is 1. The van der Waals surface area contributed by atoms with Crippen molar-refractivity contribution in [2.24, 2.45) is 0 Å². The fourth-order valence-electron chi connectivity index (χ4n) is 3.02. The Kier molecular flexibility index (Phi) is 3.05. The molecule has 2 aromatic carbocycles. The molecule has 1 heterocycles. The third-order valence-corrected chi connectivity index (χ3v) is 4.03. The van der Waals surface area contributed by atoms with Gasteiger partial charge in [-0.15, -0.1) is 0 Å². The van der Waals surface area contributed by atoms with Crippen LogP contribution in [0.25, 0.3) is 11.1 Å². The number of Topliss-reactive ketones (excluding diaryl/α,β-unsaturated/α-hetero) is 1. The lowest BCUT2D eigenvalue weighted by molar-refractivity contribution is 0.105. The number of benzene rings is 2. The Balaban J connectivity index is 2.06. The summed E-state index contributed by atoms with van der Waals surface area (Å²) < 4.78 is 0. The number of ketones is 1. The van der Waals surface area contributed by atoms with E-state index in [1.807, 2.05) is 42.5 Å². The van der Waals surface area contributed by atoms with E-state index in [4.69, 9.17) is 0 Å². The van der Waals surface area contributed by atoms with Crippen molar-refractivity contribution in [3.63, 3.8) is 0 Å². The predicted octanol–water partition coefficient (Wildman–Crippen LogP) is 3.94. The van der Waals surface area contributed by atoms with Crippen LogP contribution in [0.3, 0.4) is 0 Å². The second-order valence-electron chi connectivity index (χ2n) is 5.41. The van der Waals surface area contributed by atoms with Gasteiger partial charge in [0.2, 0.25) is 0 Å². The average molecular weight is 299 g/mol. The van der Waals surface area contributed by atoms with E-state index in [1.54, 1.807) is 30.6 Å². The fraction of sp³-hybridized carbons (Fsp3) is 0. The SMILES string of the molecule is O=C1C(c2ccncc2)=C(c2ccccc2)c2cc(O)ccc21. The van der Waals surface area contributed by atoms with Crippen LogP contribution in [-0.2, 0) is 0 Å². The smallest absolute Gasteiger partial charge is 0.194 e. The zero-order valence-electron chi connectivity index (χ0n) is 12.2. The minimum atomic E-state index is -0.0231. The molecule has 0 saturated heterocycles. The van der Waals surface area contributed by atoms with Gasteiger partial charge in [0.05, 0.1) is 0 Å². The van der Waals surface area contributed by atoms with E-state index < -0.39 is 0 Å². The molecule has 0 amide bonds. The number of carbonyl (C=O) groups excluding carboxylic acids is 1. The second-order valence-corrected chi connectivity index (χ2v) is 5.41. The third kappa shape index (κ3) is 2.14. The summed E-state index contributed by atoms with van der Waals surface area (Å²) in [6.45, 7) is 0. The summed E-state index contributed by atoms with van der Waals surface area (Å²) in [5, 5.41) is 9.86. The lowest BCUT2D eigenvalue weighted by Gasteiger charge is -2.08. The molecule has 3 aromatic rings. The first-order chi connectivity index (χ1) is 11.3. The first-order valence-corrected chi connectivity index (χ1v) is 7.34. The number of aromatic nitrogens is 1. The number of nitrogens with zero attached hydrogens (tertiary/aromatic N) is 1. The molecule has 3 heteroatoms. The van der Waals surface area contributed by atoms with Crippen molar-refractivity contribution < 1.29 is 9.90 Å². The zero-order valence-corrected chi connectivity index (χ0v) is 12.2. The predicted molar refractivity (Wildman–Crippen MR) is 89.0 cm³/mol. The standard InChI is InChI=1S/C20H13NO2/c22-15-6-7-16-17(12-15)18(13-4-2-1-3-5-13)19(20(16)23)14-8-10-21-11-9-14/h1-12,22H. The number of rotatable bonds is 2. The van der Waals surface area contributed by atoms with E-state index in [1.165, 1.54) is 0 Å². The molecule has 0 aliphatic heterocycles. The molecule has 0 fully saturated rings. The number of fused-ring (bicyclic) bond motifs is 1. The molecular formula is C20H13NO2. The molecule has 23 heavy (non-hydrogen) atoms. The Bertz CT molecular complexity index is 928. The lowest BCUT2D eigenvalue weighted by Crippen LogP contribution is -1.98. The van der Waals surface area contributed by atoms with Crippen molar-refractivity contribution >= 4 is 16.9 Å². The van der Waals surface area contributed by atoms with Gasteiger partial charge < -0.3 is 5.11 Å². The Morgan fingerprint density at radius 3 is 2.17 bits per heavy atom.